The Balaban J connectivity index is 2.05. The van der Waals surface area contributed by atoms with E-state index in [0.717, 1.165) is 0 Å². The maximum Gasteiger partial charge on any atom is 0.283 e. The third-order valence-corrected chi connectivity index (χ3v) is 3.43. The number of para-hydroxylation sites is 1. The molecule has 0 unspecified atom stereocenters. The van der Waals surface area contributed by atoms with Crippen LogP contribution < -0.4 is 14.3 Å². The number of benzene rings is 1. The molecule has 3 rings (SSSR count). The van der Waals surface area contributed by atoms with E-state index in [-0.39, 0.29) is 12.7 Å². The van der Waals surface area contributed by atoms with Crippen molar-refractivity contribution in [1.29, 1.82) is 0 Å². The van der Waals surface area contributed by atoms with Gasteiger partial charge in [0, 0.05) is 18.6 Å². The average molecular weight is 262 g/mol. The molecule has 1 aliphatic heterocycles. The zero-order valence-corrected chi connectivity index (χ0v) is 10.4. The fourth-order valence-electron chi connectivity index (χ4n) is 1.68. The van der Waals surface area contributed by atoms with E-state index >= 15 is 0 Å². The Kier molecular flexibility index (Phi) is 2.64. The van der Waals surface area contributed by atoms with Crippen molar-refractivity contribution < 1.29 is 14.3 Å². The molecule has 1 aromatic heterocycles. The minimum Gasteiger partial charge on any atom is -0.454 e. The quantitative estimate of drug-likeness (QED) is 0.783. The van der Waals surface area contributed by atoms with Gasteiger partial charge in [-0.1, -0.05) is 6.07 Å². The molecular weight excluding hydrogens is 252 g/mol. The van der Waals surface area contributed by atoms with Crippen LogP contribution in [-0.4, -0.2) is 17.3 Å². The van der Waals surface area contributed by atoms with E-state index in [1.165, 1.54) is 11.3 Å². The fourth-order valence-corrected chi connectivity index (χ4v) is 2.41. The second-order valence-electron chi connectivity index (χ2n) is 3.75. The van der Waals surface area contributed by atoms with Crippen LogP contribution in [0.25, 0.3) is 0 Å². The minimum atomic E-state index is -0.324. The number of aryl methyl sites for hydroxylation is 1. The molecule has 1 aromatic carbocycles. The highest BCUT2D eigenvalue weighted by Gasteiger charge is 2.21. The molecule has 0 N–H and O–H groups in total. The predicted octanol–water partition coefficient (Wildman–Crippen LogP) is 1.56. The Morgan fingerprint density at radius 3 is 3.11 bits per heavy atom. The number of fused-ring (bicyclic) bond motifs is 1. The highest BCUT2D eigenvalue weighted by Crippen LogP contribution is 2.35. The van der Waals surface area contributed by atoms with Gasteiger partial charge in [0.2, 0.25) is 6.79 Å². The van der Waals surface area contributed by atoms with Crippen molar-refractivity contribution in [2.45, 2.75) is 0 Å². The lowest BCUT2D eigenvalue weighted by Gasteiger charge is -2.00. The van der Waals surface area contributed by atoms with Crippen LogP contribution in [0.2, 0.25) is 0 Å². The zero-order chi connectivity index (χ0) is 12.5. The summed E-state index contributed by atoms with van der Waals surface area (Å²) in [6, 6.07) is 5.21. The van der Waals surface area contributed by atoms with Crippen LogP contribution in [0.5, 0.6) is 11.5 Å². The smallest absolute Gasteiger partial charge is 0.283 e. The number of carbonyl (C=O) groups is 1. The third-order valence-electron chi connectivity index (χ3n) is 2.58. The standard InChI is InChI=1S/C12H10N2O3S/c1-14-5-6-18-12(14)13-11(15)8-3-2-4-9-10(8)17-7-16-9/h2-6H,7H2,1H3. The van der Waals surface area contributed by atoms with Crippen molar-refractivity contribution in [3.05, 3.63) is 40.1 Å². The second kappa shape index (κ2) is 4.30. The Labute approximate surface area is 107 Å². The summed E-state index contributed by atoms with van der Waals surface area (Å²) < 4.78 is 12.3. The van der Waals surface area contributed by atoms with Crippen LogP contribution in [0.1, 0.15) is 10.4 Å². The monoisotopic (exact) mass is 262 g/mol. The lowest BCUT2D eigenvalue weighted by molar-refractivity contribution is 0.0993. The highest BCUT2D eigenvalue weighted by atomic mass is 32.1. The molecule has 0 spiro atoms. The van der Waals surface area contributed by atoms with Gasteiger partial charge in [0.1, 0.15) is 0 Å². The first-order valence-corrected chi connectivity index (χ1v) is 6.21. The van der Waals surface area contributed by atoms with Gasteiger partial charge in [0.05, 0.1) is 5.56 Å². The summed E-state index contributed by atoms with van der Waals surface area (Å²) in [5.41, 5.74) is 0.429. The van der Waals surface area contributed by atoms with Gasteiger partial charge in [0.25, 0.3) is 5.91 Å². The first kappa shape index (κ1) is 11.0. The Morgan fingerprint density at radius 1 is 1.44 bits per heavy atom. The zero-order valence-electron chi connectivity index (χ0n) is 9.62. The molecule has 5 nitrogen and oxygen atoms in total. The van der Waals surface area contributed by atoms with Crippen LogP contribution in [0.4, 0.5) is 0 Å². The van der Waals surface area contributed by atoms with E-state index in [1.54, 1.807) is 22.8 Å². The minimum absolute atomic E-state index is 0.145. The van der Waals surface area contributed by atoms with E-state index in [4.69, 9.17) is 9.47 Å². The first-order chi connectivity index (χ1) is 8.75. The van der Waals surface area contributed by atoms with Crippen LogP contribution in [0.3, 0.4) is 0 Å². The van der Waals surface area contributed by atoms with Crippen LogP contribution in [0, 0.1) is 0 Å². The number of rotatable bonds is 1. The van der Waals surface area contributed by atoms with Crippen molar-refractivity contribution in [2.24, 2.45) is 12.0 Å². The fraction of sp³-hybridized carbons (Fsp3) is 0.167. The normalized spacial score (nSPS) is 13.9. The lowest BCUT2D eigenvalue weighted by atomic mass is 10.2. The molecule has 6 heteroatoms. The van der Waals surface area contributed by atoms with Gasteiger partial charge in [-0.3, -0.25) is 4.79 Å². The summed E-state index contributed by atoms with van der Waals surface area (Å²) >= 11 is 1.41. The van der Waals surface area contributed by atoms with E-state index in [1.807, 2.05) is 18.6 Å². The van der Waals surface area contributed by atoms with Gasteiger partial charge in [-0.15, -0.1) is 11.3 Å². The number of thiazole rings is 1. The van der Waals surface area contributed by atoms with Gasteiger partial charge in [0.15, 0.2) is 16.3 Å². The SMILES string of the molecule is Cn1ccsc1=NC(=O)c1cccc2c1OCO2. The van der Waals surface area contributed by atoms with E-state index < -0.39 is 0 Å². The van der Waals surface area contributed by atoms with Gasteiger partial charge in [-0.25, -0.2) is 0 Å². The Bertz CT molecular complexity index is 672. The summed E-state index contributed by atoms with van der Waals surface area (Å²) in [7, 11) is 1.84. The van der Waals surface area contributed by atoms with E-state index in [0.29, 0.717) is 21.9 Å². The molecule has 1 amide bonds. The lowest BCUT2D eigenvalue weighted by Crippen LogP contribution is -2.12. The molecule has 1 aliphatic rings. The van der Waals surface area contributed by atoms with Crippen molar-refractivity contribution in [2.75, 3.05) is 6.79 Å². The summed E-state index contributed by atoms with van der Waals surface area (Å²) in [5.74, 6) is 0.743. The summed E-state index contributed by atoms with van der Waals surface area (Å²) in [6.07, 6.45) is 1.85. The summed E-state index contributed by atoms with van der Waals surface area (Å²) in [4.78, 5) is 16.8. The molecule has 0 atom stereocenters. The van der Waals surface area contributed by atoms with Crippen LogP contribution >= 0.6 is 11.3 Å². The van der Waals surface area contributed by atoms with Crippen molar-refractivity contribution in [3.63, 3.8) is 0 Å². The molecule has 0 aliphatic carbocycles. The van der Waals surface area contributed by atoms with Gasteiger partial charge >= 0.3 is 0 Å². The summed E-state index contributed by atoms with van der Waals surface area (Å²) in [5, 5.41) is 1.88. The Morgan fingerprint density at radius 2 is 2.33 bits per heavy atom. The average Bonchev–Trinajstić information content (AvgIpc) is 2.98. The predicted molar refractivity (Wildman–Crippen MR) is 65.7 cm³/mol. The molecule has 0 saturated heterocycles. The molecular formula is C12H10N2O3S. The molecule has 0 saturated carbocycles. The van der Waals surface area contributed by atoms with Crippen molar-refractivity contribution in [3.8, 4) is 11.5 Å². The largest absolute Gasteiger partial charge is 0.454 e. The number of aromatic nitrogens is 1. The number of amides is 1. The van der Waals surface area contributed by atoms with E-state index in [9.17, 15) is 4.79 Å². The number of ether oxygens (including phenoxy) is 2. The molecule has 2 heterocycles. The van der Waals surface area contributed by atoms with Gasteiger partial charge in [-0.05, 0) is 12.1 Å². The highest BCUT2D eigenvalue weighted by molar-refractivity contribution is 7.07. The maximum absolute atomic E-state index is 12.1. The maximum atomic E-state index is 12.1. The van der Waals surface area contributed by atoms with Crippen LogP contribution in [0.15, 0.2) is 34.8 Å². The van der Waals surface area contributed by atoms with E-state index in [2.05, 4.69) is 4.99 Å². The third kappa shape index (κ3) is 1.80. The first-order valence-electron chi connectivity index (χ1n) is 5.33. The molecule has 18 heavy (non-hydrogen) atoms. The number of hydrogen-bond acceptors (Lipinski definition) is 4. The van der Waals surface area contributed by atoms with Gasteiger partial charge < -0.3 is 14.0 Å². The summed E-state index contributed by atoms with van der Waals surface area (Å²) in [6.45, 7) is 0.145. The number of carbonyl (C=O) groups excluding carboxylic acids is 1. The number of hydrogen-bond donors (Lipinski definition) is 0. The number of nitrogens with zero attached hydrogens (tertiary/aromatic N) is 2. The topological polar surface area (TPSA) is 52.8 Å². The molecule has 2 aromatic rings. The van der Waals surface area contributed by atoms with Crippen LogP contribution in [-0.2, 0) is 7.05 Å². The van der Waals surface area contributed by atoms with Crippen molar-refractivity contribution in [1.82, 2.24) is 4.57 Å². The van der Waals surface area contributed by atoms with Crippen molar-refractivity contribution >= 4 is 17.2 Å². The molecule has 92 valence electrons. The second-order valence-corrected chi connectivity index (χ2v) is 4.63. The molecule has 0 bridgehead atoms. The van der Waals surface area contributed by atoms with Gasteiger partial charge in [-0.2, -0.15) is 4.99 Å². The molecule has 0 fully saturated rings. The Hall–Kier alpha value is -2.08. The molecule has 0 radical (unpaired) electrons.